The fourth-order valence-electron chi connectivity index (χ4n) is 2.10. The molecule has 2 aliphatic rings. The lowest BCUT2D eigenvalue weighted by atomic mass is 10.2. The fourth-order valence-corrected chi connectivity index (χ4v) is 2.10. The lowest BCUT2D eigenvalue weighted by Crippen LogP contribution is -2.51. The minimum atomic E-state index is -0.413. The second-order valence-corrected chi connectivity index (χ2v) is 6.48. The molecule has 1 amide bonds. The van der Waals surface area contributed by atoms with Crippen LogP contribution in [0.3, 0.4) is 0 Å². The van der Waals surface area contributed by atoms with Crippen LogP contribution in [0.2, 0.25) is 0 Å². The normalized spacial score (nSPS) is 29.2. The van der Waals surface area contributed by atoms with Crippen LogP contribution >= 0.6 is 0 Å². The van der Waals surface area contributed by atoms with E-state index in [1.54, 1.807) is 4.90 Å². The summed E-state index contributed by atoms with van der Waals surface area (Å²) in [5.74, 6) is 0. The molecule has 2 rings (SSSR count). The Labute approximate surface area is 109 Å². The summed E-state index contributed by atoms with van der Waals surface area (Å²) in [5.41, 5.74) is -0.350. The summed E-state index contributed by atoms with van der Waals surface area (Å²) in [4.78, 5) is 16.0. The SMILES string of the molecule is CC(C)(C)OC(=O)N1CCN(C[C@]2(C)CO2)CC1. The van der Waals surface area contributed by atoms with Gasteiger partial charge in [0, 0.05) is 32.7 Å². The molecule has 2 aliphatic heterocycles. The Morgan fingerprint density at radius 1 is 1.28 bits per heavy atom. The second-order valence-electron chi connectivity index (χ2n) is 6.48. The Balaban J connectivity index is 1.74. The Hall–Kier alpha value is -0.810. The molecule has 0 radical (unpaired) electrons. The van der Waals surface area contributed by atoms with Gasteiger partial charge in [-0.25, -0.2) is 4.79 Å². The van der Waals surface area contributed by atoms with E-state index in [2.05, 4.69) is 11.8 Å². The van der Waals surface area contributed by atoms with Crippen LogP contribution in [0.1, 0.15) is 27.7 Å². The van der Waals surface area contributed by atoms with E-state index in [1.165, 1.54) is 0 Å². The van der Waals surface area contributed by atoms with E-state index in [0.717, 1.165) is 39.3 Å². The number of amides is 1. The summed E-state index contributed by atoms with van der Waals surface area (Å²) in [6.07, 6.45) is -0.198. The van der Waals surface area contributed by atoms with Crippen molar-refractivity contribution < 1.29 is 14.3 Å². The van der Waals surface area contributed by atoms with Gasteiger partial charge in [0.05, 0.1) is 6.61 Å². The topological polar surface area (TPSA) is 45.3 Å². The van der Waals surface area contributed by atoms with Crippen molar-refractivity contribution >= 4 is 6.09 Å². The van der Waals surface area contributed by atoms with Gasteiger partial charge in [0.25, 0.3) is 0 Å². The van der Waals surface area contributed by atoms with Crippen molar-refractivity contribution in [3.8, 4) is 0 Å². The van der Waals surface area contributed by atoms with Gasteiger partial charge in [-0.2, -0.15) is 0 Å². The maximum absolute atomic E-state index is 11.9. The van der Waals surface area contributed by atoms with Crippen molar-refractivity contribution in [2.45, 2.75) is 38.9 Å². The monoisotopic (exact) mass is 256 g/mol. The first-order valence-corrected chi connectivity index (χ1v) is 6.62. The molecule has 0 aromatic carbocycles. The summed E-state index contributed by atoms with van der Waals surface area (Å²) >= 11 is 0. The molecular formula is C13H24N2O3. The van der Waals surface area contributed by atoms with E-state index in [-0.39, 0.29) is 11.7 Å². The van der Waals surface area contributed by atoms with Crippen molar-refractivity contribution in [2.24, 2.45) is 0 Å². The summed E-state index contributed by atoms with van der Waals surface area (Å²) < 4.78 is 10.8. The van der Waals surface area contributed by atoms with Crippen molar-refractivity contribution in [3.63, 3.8) is 0 Å². The van der Waals surface area contributed by atoms with Gasteiger partial charge in [-0.05, 0) is 27.7 Å². The van der Waals surface area contributed by atoms with Gasteiger partial charge in [0.15, 0.2) is 0 Å². The third-order valence-corrected chi connectivity index (χ3v) is 3.22. The van der Waals surface area contributed by atoms with Gasteiger partial charge >= 0.3 is 6.09 Å². The first-order chi connectivity index (χ1) is 8.27. The molecule has 0 N–H and O–H groups in total. The Kier molecular flexibility index (Phi) is 3.56. The van der Waals surface area contributed by atoms with Crippen LogP contribution in [-0.4, -0.2) is 66.4 Å². The highest BCUT2D eigenvalue weighted by atomic mass is 16.6. The van der Waals surface area contributed by atoms with E-state index in [1.807, 2.05) is 20.8 Å². The number of carbonyl (C=O) groups excluding carboxylic acids is 1. The largest absolute Gasteiger partial charge is 0.444 e. The Morgan fingerprint density at radius 3 is 2.28 bits per heavy atom. The quantitative estimate of drug-likeness (QED) is 0.699. The zero-order valence-corrected chi connectivity index (χ0v) is 11.9. The molecule has 0 aliphatic carbocycles. The fraction of sp³-hybridized carbons (Fsp3) is 0.923. The Morgan fingerprint density at radius 2 is 1.83 bits per heavy atom. The van der Waals surface area contributed by atoms with Gasteiger partial charge < -0.3 is 14.4 Å². The van der Waals surface area contributed by atoms with Crippen molar-refractivity contribution in [3.05, 3.63) is 0 Å². The van der Waals surface area contributed by atoms with E-state index in [0.29, 0.717) is 0 Å². The molecule has 104 valence electrons. The van der Waals surface area contributed by atoms with Gasteiger partial charge in [0.1, 0.15) is 11.2 Å². The lowest BCUT2D eigenvalue weighted by molar-refractivity contribution is 0.0130. The molecule has 5 heteroatoms. The standard InChI is InChI=1S/C13H24N2O3/c1-12(2,3)18-11(16)15-7-5-14(6-8-15)9-13(4)10-17-13/h5-10H2,1-4H3/t13-/m1/s1. The van der Waals surface area contributed by atoms with Crippen LogP contribution in [0.25, 0.3) is 0 Å². The van der Waals surface area contributed by atoms with Crippen LogP contribution in [-0.2, 0) is 9.47 Å². The molecule has 2 saturated heterocycles. The van der Waals surface area contributed by atoms with Crippen molar-refractivity contribution in [1.82, 2.24) is 9.80 Å². The second kappa shape index (κ2) is 4.70. The first-order valence-electron chi connectivity index (χ1n) is 6.62. The van der Waals surface area contributed by atoms with Crippen LogP contribution in [0.15, 0.2) is 0 Å². The van der Waals surface area contributed by atoms with Gasteiger partial charge in [-0.15, -0.1) is 0 Å². The maximum atomic E-state index is 11.9. The maximum Gasteiger partial charge on any atom is 0.410 e. The van der Waals surface area contributed by atoms with E-state index >= 15 is 0 Å². The predicted molar refractivity (Wildman–Crippen MR) is 68.6 cm³/mol. The summed E-state index contributed by atoms with van der Waals surface area (Å²) in [5, 5.41) is 0. The van der Waals surface area contributed by atoms with Crippen LogP contribution in [0.4, 0.5) is 4.79 Å². The molecule has 2 heterocycles. The average molecular weight is 256 g/mol. The first kappa shape index (κ1) is 13.6. The molecular weight excluding hydrogens is 232 g/mol. The number of ether oxygens (including phenoxy) is 2. The molecule has 0 bridgehead atoms. The lowest BCUT2D eigenvalue weighted by Gasteiger charge is -2.36. The molecule has 5 nitrogen and oxygen atoms in total. The minimum Gasteiger partial charge on any atom is -0.444 e. The molecule has 0 spiro atoms. The molecule has 0 aromatic heterocycles. The number of piperazine rings is 1. The third-order valence-electron chi connectivity index (χ3n) is 3.22. The number of hydrogen-bond acceptors (Lipinski definition) is 4. The molecule has 0 unspecified atom stereocenters. The van der Waals surface area contributed by atoms with Crippen LogP contribution in [0.5, 0.6) is 0 Å². The van der Waals surface area contributed by atoms with E-state index < -0.39 is 5.60 Å². The Bertz CT molecular complexity index is 313. The number of rotatable bonds is 2. The van der Waals surface area contributed by atoms with E-state index in [4.69, 9.17) is 9.47 Å². The molecule has 0 aromatic rings. The highest BCUT2D eigenvalue weighted by Crippen LogP contribution is 2.27. The van der Waals surface area contributed by atoms with Crippen LogP contribution in [0, 0.1) is 0 Å². The highest BCUT2D eigenvalue weighted by Gasteiger charge is 2.41. The zero-order valence-electron chi connectivity index (χ0n) is 11.9. The number of epoxide rings is 1. The van der Waals surface area contributed by atoms with Gasteiger partial charge in [-0.3, -0.25) is 4.90 Å². The summed E-state index contributed by atoms with van der Waals surface area (Å²) in [6.45, 7) is 12.9. The third kappa shape index (κ3) is 3.85. The molecule has 18 heavy (non-hydrogen) atoms. The van der Waals surface area contributed by atoms with Crippen molar-refractivity contribution in [1.29, 1.82) is 0 Å². The minimum absolute atomic E-state index is 0.0636. The van der Waals surface area contributed by atoms with Crippen LogP contribution < -0.4 is 0 Å². The summed E-state index contributed by atoms with van der Waals surface area (Å²) in [7, 11) is 0. The summed E-state index contributed by atoms with van der Waals surface area (Å²) in [6, 6.07) is 0. The molecule has 0 saturated carbocycles. The average Bonchev–Trinajstić information content (AvgIpc) is 2.94. The van der Waals surface area contributed by atoms with Crippen molar-refractivity contribution in [2.75, 3.05) is 39.3 Å². The molecule has 1 atom stereocenters. The molecule has 2 fully saturated rings. The number of nitrogens with zero attached hydrogens (tertiary/aromatic N) is 2. The van der Waals surface area contributed by atoms with E-state index in [9.17, 15) is 4.79 Å². The highest BCUT2D eigenvalue weighted by molar-refractivity contribution is 5.68. The van der Waals surface area contributed by atoms with Gasteiger partial charge in [0.2, 0.25) is 0 Å². The predicted octanol–water partition coefficient (Wildman–Crippen LogP) is 1.33. The zero-order chi connectivity index (χ0) is 13.4. The van der Waals surface area contributed by atoms with Gasteiger partial charge in [-0.1, -0.05) is 0 Å². The number of carbonyl (C=O) groups is 1. The number of hydrogen-bond donors (Lipinski definition) is 0. The smallest absolute Gasteiger partial charge is 0.410 e.